The van der Waals surface area contributed by atoms with E-state index in [1.165, 1.54) is 5.56 Å². The van der Waals surface area contributed by atoms with E-state index in [1.807, 2.05) is 25.1 Å². The number of nitrogens with zero attached hydrogens (tertiary/aromatic N) is 2. The molecule has 0 bridgehead atoms. The number of carbonyl (C=O) groups is 1. The topological polar surface area (TPSA) is 56.1 Å². The van der Waals surface area contributed by atoms with Crippen molar-refractivity contribution < 1.29 is 9.53 Å². The number of nitrogens with one attached hydrogen (secondary N) is 1. The second-order valence-electron chi connectivity index (χ2n) is 5.57. The summed E-state index contributed by atoms with van der Waals surface area (Å²) in [6, 6.07) is 7.99. The molecule has 1 aromatic heterocycles. The van der Waals surface area contributed by atoms with Crippen molar-refractivity contribution in [1.29, 1.82) is 0 Å². The van der Waals surface area contributed by atoms with Crippen LogP contribution in [-0.4, -0.2) is 28.8 Å². The highest BCUT2D eigenvalue weighted by Gasteiger charge is 2.22. The quantitative estimate of drug-likeness (QED) is 0.945. The van der Waals surface area contributed by atoms with Gasteiger partial charge in [-0.25, -0.2) is 0 Å². The maximum absolute atomic E-state index is 12.2. The first-order valence-electron chi connectivity index (χ1n) is 7.24. The molecule has 5 nitrogen and oxygen atoms in total. The molecule has 1 amide bonds. The van der Waals surface area contributed by atoms with Gasteiger partial charge in [0.15, 0.2) is 5.69 Å². The smallest absolute Gasteiger partial charge is 0.273 e. The van der Waals surface area contributed by atoms with Crippen LogP contribution in [0.15, 0.2) is 24.3 Å². The number of rotatable bonds is 3. The van der Waals surface area contributed by atoms with E-state index in [2.05, 4.69) is 16.5 Å². The number of para-hydroxylation sites is 1. The molecule has 6 heteroatoms. The highest BCUT2D eigenvalue weighted by atomic mass is 35.5. The molecule has 0 unspecified atom stereocenters. The molecule has 0 saturated carbocycles. The lowest BCUT2D eigenvalue weighted by molar-refractivity contribution is 0.0933. The molecule has 1 aliphatic heterocycles. The second-order valence-corrected chi connectivity index (χ2v) is 5.95. The summed E-state index contributed by atoms with van der Waals surface area (Å²) in [7, 11) is 1.77. The van der Waals surface area contributed by atoms with Crippen LogP contribution in [0.1, 0.15) is 21.7 Å². The molecule has 1 atom stereocenters. The van der Waals surface area contributed by atoms with Gasteiger partial charge in [0.05, 0.1) is 17.3 Å². The van der Waals surface area contributed by atoms with Crippen LogP contribution in [-0.2, 0) is 13.5 Å². The Bertz CT molecular complexity index is 711. The zero-order chi connectivity index (χ0) is 15.7. The lowest BCUT2D eigenvalue weighted by atomic mass is 9.97. The Morgan fingerprint density at radius 1 is 1.50 bits per heavy atom. The molecule has 0 fully saturated rings. The van der Waals surface area contributed by atoms with Crippen LogP contribution in [0.25, 0.3) is 0 Å². The van der Waals surface area contributed by atoms with Gasteiger partial charge >= 0.3 is 0 Å². The van der Waals surface area contributed by atoms with Gasteiger partial charge in [0, 0.05) is 19.5 Å². The van der Waals surface area contributed by atoms with E-state index in [9.17, 15) is 4.79 Å². The van der Waals surface area contributed by atoms with Gasteiger partial charge < -0.3 is 10.1 Å². The molecule has 1 N–H and O–H groups in total. The molecule has 116 valence electrons. The van der Waals surface area contributed by atoms with E-state index in [0.717, 1.165) is 17.9 Å². The van der Waals surface area contributed by atoms with Crippen molar-refractivity contribution in [1.82, 2.24) is 15.1 Å². The maximum Gasteiger partial charge on any atom is 0.273 e. The minimum Gasteiger partial charge on any atom is -0.493 e. The third kappa shape index (κ3) is 2.81. The largest absolute Gasteiger partial charge is 0.493 e. The molecule has 3 rings (SSSR count). The summed E-state index contributed by atoms with van der Waals surface area (Å²) in [6.45, 7) is 2.98. The minimum atomic E-state index is -0.243. The van der Waals surface area contributed by atoms with Crippen molar-refractivity contribution in [2.24, 2.45) is 13.0 Å². The molecule has 0 spiro atoms. The predicted molar refractivity (Wildman–Crippen MR) is 84.4 cm³/mol. The Labute approximate surface area is 134 Å². The number of amides is 1. The lowest BCUT2D eigenvalue weighted by Crippen LogP contribution is -2.35. The van der Waals surface area contributed by atoms with Crippen molar-refractivity contribution in [2.45, 2.75) is 13.3 Å². The van der Waals surface area contributed by atoms with Crippen LogP contribution < -0.4 is 10.1 Å². The van der Waals surface area contributed by atoms with Crippen molar-refractivity contribution in [3.8, 4) is 5.75 Å². The van der Waals surface area contributed by atoms with E-state index in [-0.39, 0.29) is 17.5 Å². The fourth-order valence-electron chi connectivity index (χ4n) is 2.57. The molecule has 0 saturated heterocycles. The fraction of sp³-hybridized carbons (Fsp3) is 0.375. The van der Waals surface area contributed by atoms with Gasteiger partial charge in [-0.05, 0) is 25.0 Å². The van der Waals surface area contributed by atoms with Gasteiger partial charge in [-0.3, -0.25) is 9.48 Å². The van der Waals surface area contributed by atoms with Crippen LogP contribution in [0.2, 0.25) is 5.02 Å². The molecule has 2 aromatic rings. The molecule has 2 heterocycles. The van der Waals surface area contributed by atoms with Gasteiger partial charge in [0.1, 0.15) is 5.75 Å². The number of fused-ring (bicyclic) bond motifs is 1. The lowest BCUT2D eigenvalue weighted by Gasteiger charge is -2.25. The Morgan fingerprint density at radius 3 is 3.00 bits per heavy atom. The number of ether oxygens (including phenoxy) is 1. The van der Waals surface area contributed by atoms with Gasteiger partial charge in [0.2, 0.25) is 0 Å². The molecule has 0 radical (unpaired) electrons. The number of hydrogen-bond acceptors (Lipinski definition) is 3. The third-order valence-electron chi connectivity index (χ3n) is 3.98. The van der Waals surface area contributed by atoms with E-state index in [0.29, 0.717) is 18.2 Å². The highest BCUT2D eigenvalue weighted by molar-refractivity contribution is 6.34. The summed E-state index contributed by atoms with van der Waals surface area (Å²) in [6.07, 6.45) is 0.894. The van der Waals surface area contributed by atoms with Crippen LogP contribution in [0.4, 0.5) is 0 Å². The Morgan fingerprint density at radius 2 is 2.27 bits per heavy atom. The number of aryl methyl sites for hydroxylation is 1. The number of carbonyl (C=O) groups excluding carboxylic acids is 1. The SMILES string of the molecule is Cc1c(Cl)c(C(=O)NC[C@@H]2COc3ccccc3C2)nn1C. The number of benzene rings is 1. The molecule has 22 heavy (non-hydrogen) atoms. The van der Waals surface area contributed by atoms with Gasteiger partial charge in [-0.2, -0.15) is 5.10 Å². The maximum atomic E-state index is 12.2. The standard InChI is InChI=1S/C16H18ClN3O2/c1-10-14(17)15(19-20(10)2)16(21)18-8-11-7-12-5-3-4-6-13(12)22-9-11/h3-6,11H,7-9H2,1-2H3,(H,18,21)/t11-/m1/s1. The van der Waals surface area contributed by atoms with E-state index in [4.69, 9.17) is 16.3 Å². The van der Waals surface area contributed by atoms with E-state index >= 15 is 0 Å². The highest BCUT2D eigenvalue weighted by Crippen LogP contribution is 2.26. The average Bonchev–Trinajstić information content (AvgIpc) is 2.80. The van der Waals surface area contributed by atoms with Crippen molar-refractivity contribution >= 4 is 17.5 Å². The minimum absolute atomic E-state index is 0.243. The molecule has 0 aliphatic carbocycles. The van der Waals surface area contributed by atoms with Gasteiger partial charge in [-0.1, -0.05) is 29.8 Å². The number of hydrogen-bond donors (Lipinski definition) is 1. The first kappa shape index (κ1) is 14.9. The first-order chi connectivity index (χ1) is 10.6. The van der Waals surface area contributed by atoms with Crippen molar-refractivity contribution in [3.63, 3.8) is 0 Å². The summed E-state index contributed by atoms with van der Waals surface area (Å²) in [5.74, 6) is 0.948. The summed E-state index contributed by atoms with van der Waals surface area (Å²) in [4.78, 5) is 12.2. The van der Waals surface area contributed by atoms with Crippen molar-refractivity contribution in [2.75, 3.05) is 13.2 Å². The van der Waals surface area contributed by atoms with Gasteiger partial charge in [0.25, 0.3) is 5.91 Å². The molecular weight excluding hydrogens is 302 g/mol. The van der Waals surface area contributed by atoms with Crippen LogP contribution in [0.3, 0.4) is 0 Å². The summed E-state index contributed by atoms with van der Waals surface area (Å²) < 4.78 is 7.33. The van der Waals surface area contributed by atoms with Crippen LogP contribution in [0.5, 0.6) is 5.75 Å². The zero-order valence-corrected chi connectivity index (χ0v) is 13.4. The zero-order valence-electron chi connectivity index (χ0n) is 12.6. The molecular formula is C16H18ClN3O2. The van der Waals surface area contributed by atoms with Crippen LogP contribution >= 0.6 is 11.6 Å². The fourth-order valence-corrected chi connectivity index (χ4v) is 2.82. The Balaban J connectivity index is 1.61. The average molecular weight is 320 g/mol. The van der Waals surface area contributed by atoms with Gasteiger partial charge in [-0.15, -0.1) is 0 Å². The normalized spacial score (nSPS) is 16.8. The van der Waals surface area contributed by atoms with E-state index in [1.54, 1.807) is 11.7 Å². The monoisotopic (exact) mass is 319 g/mol. The predicted octanol–water partition coefficient (Wildman–Crippen LogP) is 2.36. The first-order valence-corrected chi connectivity index (χ1v) is 7.62. The summed E-state index contributed by atoms with van der Waals surface area (Å²) in [5, 5.41) is 7.46. The summed E-state index contributed by atoms with van der Waals surface area (Å²) in [5.41, 5.74) is 2.24. The Kier molecular flexibility index (Phi) is 4.07. The molecule has 1 aliphatic rings. The van der Waals surface area contributed by atoms with E-state index < -0.39 is 0 Å². The third-order valence-corrected chi connectivity index (χ3v) is 4.44. The molecule has 1 aromatic carbocycles. The second kappa shape index (κ2) is 6.01. The Hall–Kier alpha value is -2.01. The number of halogens is 1. The van der Waals surface area contributed by atoms with Crippen molar-refractivity contribution in [3.05, 3.63) is 46.2 Å². The summed E-state index contributed by atoms with van der Waals surface area (Å²) >= 11 is 6.13. The number of aromatic nitrogens is 2. The van der Waals surface area contributed by atoms with Crippen LogP contribution in [0, 0.1) is 12.8 Å².